The highest BCUT2D eigenvalue weighted by atomic mass is 35.5. The van der Waals surface area contributed by atoms with Crippen molar-refractivity contribution in [3.63, 3.8) is 0 Å². The van der Waals surface area contributed by atoms with Crippen LogP contribution in [0.1, 0.15) is 31.1 Å². The second kappa shape index (κ2) is 9.03. The largest absolute Gasteiger partial charge is 0.507 e. The molecule has 3 aromatic rings. The zero-order valence-electron chi connectivity index (χ0n) is 17.8. The van der Waals surface area contributed by atoms with Crippen LogP contribution in [0.3, 0.4) is 0 Å². The number of ketones is 1. The predicted molar refractivity (Wildman–Crippen MR) is 123 cm³/mol. The highest BCUT2D eigenvalue weighted by molar-refractivity contribution is 6.51. The maximum absolute atomic E-state index is 13.7. The van der Waals surface area contributed by atoms with Crippen LogP contribution >= 0.6 is 11.6 Å². The van der Waals surface area contributed by atoms with Gasteiger partial charge in [-0.3, -0.25) is 19.5 Å². The van der Waals surface area contributed by atoms with E-state index in [1.54, 1.807) is 42.5 Å². The first-order chi connectivity index (χ1) is 15.8. The molecule has 1 fully saturated rings. The number of nitrogens with zero attached hydrogens (tertiary/aromatic N) is 2. The number of Topliss-reactive ketones (excluding diaryl/α,β-unsaturated/α-hetero) is 1. The molecule has 4 rings (SSSR count). The van der Waals surface area contributed by atoms with Gasteiger partial charge < -0.3 is 9.84 Å². The Labute approximate surface area is 194 Å². The molecule has 1 N–H and O–H groups in total. The molecule has 1 aliphatic rings. The molecular formula is C25H20ClFN2O4. The Morgan fingerprint density at radius 3 is 2.45 bits per heavy atom. The van der Waals surface area contributed by atoms with Gasteiger partial charge in [-0.1, -0.05) is 17.7 Å². The lowest BCUT2D eigenvalue weighted by atomic mass is 9.98. The Bertz CT molecular complexity index is 1240. The molecular weight excluding hydrogens is 447 g/mol. The molecule has 33 heavy (non-hydrogen) atoms. The Balaban J connectivity index is 1.86. The van der Waals surface area contributed by atoms with Crippen LogP contribution in [0.4, 0.5) is 10.1 Å². The predicted octanol–water partition coefficient (Wildman–Crippen LogP) is 5.29. The van der Waals surface area contributed by atoms with Crippen LogP contribution < -0.4 is 9.64 Å². The van der Waals surface area contributed by atoms with E-state index in [-0.39, 0.29) is 28.1 Å². The van der Waals surface area contributed by atoms with Crippen molar-refractivity contribution in [3.8, 4) is 5.75 Å². The summed E-state index contributed by atoms with van der Waals surface area (Å²) in [5.41, 5.74) is 0.774. The zero-order valence-corrected chi connectivity index (χ0v) is 18.6. The second-order valence-electron chi connectivity index (χ2n) is 7.71. The van der Waals surface area contributed by atoms with Gasteiger partial charge in [-0.05, 0) is 68.4 Å². The standard InChI is InChI=1S/C25H20ClFN2O4/c1-14(2)33-17-9-6-15(7-10-17)23(30)21-22(20-5-3-4-12-28-20)29(25(32)24(21)31)16-8-11-19(27)18(26)13-16/h3-14,22,30H,1-2H3/b23-21+. The van der Waals surface area contributed by atoms with Crippen LogP contribution in [0.2, 0.25) is 5.02 Å². The number of pyridine rings is 1. The summed E-state index contributed by atoms with van der Waals surface area (Å²) in [5, 5.41) is 10.9. The van der Waals surface area contributed by atoms with E-state index in [1.165, 1.54) is 18.3 Å². The van der Waals surface area contributed by atoms with Gasteiger partial charge in [0.15, 0.2) is 0 Å². The molecule has 0 aliphatic carbocycles. The molecule has 0 bridgehead atoms. The summed E-state index contributed by atoms with van der Waals surface area (Å²) >= 11 is 5.93. The summed E-state index contributed by atoms with van der Waals surface area (Å²) in [5.74, 6) is -2.17. The van der Waals surface area contributed by atoms with E-state index in [0.717, 1.165) is 11.0 Å². The molecule has 1 amide bonds. The lowest BCUT2D eigenvalue weighted by molar-refractivity contribution is -0.132. The van der Waals surface area contributed by atoms with E-state index in [2.05, 4.69) is 4.98 Å². The number of halogens is 2. The molecule has 1 aromatic heterocycles. The van der Waals surface area contributed by atoms with Crippen LogP contribution in [0, 0.1) is 5.82 Å². The first-order valence-electron chi connectivity index (χ1n) is 10.2. The van der Waals surface area contributed by atoms with E-state index < -0.39 is 23.5 Å². The highest BCUT2D eigenvalue weighted by Gasteiger charge is 2.47. The quantitative estimate of drug-likeness (QED) is 0.314. The number of carbonyl (C=O) groups excluding carboxylic acids is 2. The van der Waals surface area contributed by atoms with Crippen molar-refractivity contribution in [3.05, 3.63) is 94.5 Å². The van der Waals surface area contributed by atoms with E-state index in [4.69, 9.17) is 16.3 Å². The van der Waals surface area contributed by atoms with Gasteiger partial charge in [-0.15, -0.1) is 0 Å². The van der Waals surface area contributed by atoms with E-state index in [9.17, 15) is 19.1 Å². The van der Waals surface area contributed by atoms with Crippen LogP contribution in [0.15, 0.2) is 72.4 Å². The Kier molecular flexibility index (Phi) is 6.16. The molecule has 0 saturated carbocycles. The fourth-order valence-electron chi connectivity index (χ4n) is 3.67. The molecule has 1 unspecified atom stereocenters. The van der Waals surface area contributed by atoms with Gasteiger partial charge in [0.25, 0.3) is 11.7 Å². The number of carbonyl (C=O) groups is 2. The van der Waals surface area contributed by atoms with Crippen molar-refractivity contribution >= 4 is 34.7 Å². The number of amides is 1. The number of aliphatic hydroxyl groups excluding tert-OH is 1. The number of hydrogen-bond acceptors (Lipinski definition) is 5. The van der Waals surface area contributed by atoms with Gasteiger partial charge in [0.1, 0.15) is 23.4 Å². The monoisotopic (exact) mass is 466 g/mol. The average molecular weight is 467 g/mol. The molecule has 2 aromatic carbocycles. The third-order valence-corrected chi connectivity index (χ3v) is 5.38. The first kappa shape index (κ1) is 22.5. The van der Waals surface area contributed by atoms with Crippen molar-refractivity contribution in [2.24, 2.45) is 0 Å². The van der Waals surface area contributed by atoms with Gasteiger partial charge in [-0.2, -0.15) is 0 Å². The molecule has 1 saturated heterocycles. The minimum Gasteiger partial charge on any atom is -0.507 e. The summed E-state index contributed by atoms with van der Waals surface area (Å²) in [6.07, 6.45) is 1.49. The maximum atomic E-state index is 13.7. The SMILES string of the molecule is CC(C)Oc1ccc(/C(O)=C2\C(=O)C(=O)N(c3ccc(F)c(Cl)c3)C2c2ccccn2)cc1. The maximum Gasteiger partial charge on any atom is 0.300 e. The Hall–Kier alpha value is -3.71. The van der Waals surface area contributed by atoms with E-state index in [1.807, 2.05) is 13.8 Å². The summed E-state index contributed by atoms with van der Waals surface area (Å²) in [6.45, 7) is 3.79. The van der Waals surface area contributed by atoms with Crippen LogP contribution in [-0.4, -0.2) is 27.9 Å². The van der Waals surface area contributed by atoms with Gasteiger partial charge in [0.05, 0.1) is 22.4 Å². The lowest BCUT2D eigenvalue weighted by Gasteiger charge is -2.24. The molecule has 1 atom stereocenters. The zero-order chi connectivity index (χ0) is 23.7. The van der Waals surface area contributed by atoms with Crippen molar-refractivity contribution in [1.29, 1.82) is 0 Å². The number of hydrogen-bond donors (Lipinski definition) is 1. The average Bonchev–Trinajstić information content (AvgIpc) is 3.06. The van der Waals surface area contributed by atoms with E-state index in [0.29, 0.717) is 17.0 Å². The van der Waals surface area contributed by atoms with Crippen LogP contribution in [0.25, 0.3) is 5.76 Å². The highest BCUT2D eigenvalue weighted by Crippen LogP contribution is 2.42. The number of aliphatic hydroxyl groups is 1. The molecule has 1 aliphatic heterocycles. The number of anilines is 1. The van der Waals surface area contributed by atoms with Crippen LogP contribution in [-0.2, 0) is 9.59 Å². The molecule has 0 radical (unpaired) electrons. The number of rotatable bonds is 5. The second-order valence-corrected chi connectivity index (χ2v) is 8.12. The minimum atomic E-state index is -1.03. The Morgan fingerprint density at radius 2 is 1.85 bits per heavy atom. The smallest absolute Gasteiger partial charge is 0.300 e. The van der Waals surface area contributed by atoms with Crippen molar-refractivity contribution in [2.75, 3.05) is 4.90 Å². The third-order valence-electron chi connectivity index (χ3n) is 5.09. The topological polar surface area (TPSA) is 79.7 Å². The number of aromatic nitrogens is 1. The van der Waals surface area contributed by atoms with Crippen molar-refractivity contribution in [1.82, 2.24) is 4.98 Å². The van der Waals surface area contributed by atoms with Gasteiger partial charge in [0, 0.05) is 17.4 Å². The summed E-state index contributed by atoms with van der Waals surface area (Å²) in [7, 11) is 0. The number of benzene rings is 2. The molecule has 168 valence electrons. The van der Waals surface area contributed by atoms with Gasteiger partial charge in [-0.25, -0.2) is 4.39 Å². The van der Waals surface area contributed by atoms with Crippen molar-refractivity contribution < 1.29 is 23.8 Å². The lowest BCUT2D eigenvalue weighted by Crippen LogP contribution is -2.29. The molecule has 0 spiro atoms. The fourth-order valence-corrected chi connectivity index (χ4v) is 3.85. The third kappa shape index (κ3) is 4.32. The molecule has 8 heteroatoms. The normalized spacial score (nSPS) is 17.6. The van der Waals surface area contributed by atoms with Crippen LogP contribution in [0.5, 0.6) is 5.75 Å². The van der Waals surface area contributed by atoms with Gasteiger partial charge in [0.2, 0.25) is 0 Å². The van der Waals surface area contributed by atoms with Gasteiger partial charge >= 0.3 is 0 Å². The summed E-state index contributed by atoms with van der Waals surface area (Å²) in [4.78, 5) is 31.6. The minimum absolute atomic E-state index is 0.0264. The number of ether oxygens (including phenoxy) is 1. The van der Waals surface area contributed by atoms with Crippen molar-refractivity contribution in [2.45, 2.75) is 26.0 Å². The van der Waals surface area contributed by atoms with E-state index >= 15 is 0 Å². The molecule has 6 nitrogen and oxygen atoms in total. The molecule has 2 heterocycles. The Morgan fingerprint density at radius 1 is 1.12 bits per heavy atom. The fraction of sp³-hybridized carbons (Fsp3) is 0.160. The summed E-state index contributed by atoms with van der Waals surface area (Å²) in [6, 6.07) is 14.3. The summed E-state index contributed by atoms with van der Waals surface area (Å²) < 4.78 is 19.4. The first-order valence-corrected chi connectivity index (χ1v) is 10.6.